The fraction of sp³-hybridized carbons (Fsp3) is 0.571. The second-order valence-electron chi connectivity index (χ2n) is 6.16. The highest BCUT2D eigenvalue weighted by Crippen LogP contribution is 2.68. The van der Waals surface area contributed by atoms with E-state index in [1.807, 2.05) is 13.0 Å². The number of carbonyl (C=O) groups excluding carboxylic acids is 1. The maximum Gasteiger partial charge on any atom is 0.228 e. The standard InChI is InChI=1S/C14H19ClN2O/c1-8-6-7-16-11(15)9(8)17-12(18)10-13(2,3)14(10,4)5/h6-7,10H,1-5H3,(H,17,18). The SMILES string of the molecule is Cc1ccnc(Cl)c1NC(=O)C1C(C)(C)C1(C)C. The Kier molecular flexibility index (Phi) is 2.93. The van der Waals surface area contributed by atoms with E-state index in [1.165, 1.54) is 0 Å². The molecule has 2 rings (SSSR count). The van der Waals surface area contributed by atoms with E-state index >= 15 is 0 Å². The Hall–Kier alpha value is -1.09. The quantitative estimate of drug-likeness (QED) is 0.830. The van der Waals surface area contributed by atoms with Crippen LogP contribution >= 0.6 is 11.6 Å². The topological polar surface area (TPSA) is 42.0 Å². The number of hydrogen-bond acceptors (Lipinski definition) is 2. The van der Waals surface area contributed by atoms with E-state index in [2.05, 4.69) is 38.0 Å². The molecule has 1 aliphatic rings. The number of anilines is 1. The molecule has 98 valence electrons. The second-order valence-corrected chi connectivity index (χ2v) is 6.52. The van der Waals surface area contributed by atoms with Gasteiger partial charge in [-0.25, -0.2) is 4.98 Å². The van der Waals surface area contributed by atoms with Gasteiger partial charge in [0.15, 0.2) is 5.15 Å². The summed E-state index contributed by atoms with van der Waals surface area (Å²) < 4.78 is 0. The summed E-state index contributed by atoms with van der Waals surface area (Å²) in [6, 6.07) is 1.84. The number of nitrogens with zero attached hydrogens (tertiary/aromatic N) is 1. The highest BCUT2D eigenvalue weighted by Gasteiger charge is 2.68. The van der Waals surface area contributed by atoms with Crippen molar-refractivity contribution in [2.24, 2.45) is 16.7 Å². The van der Waals surface area contributed by atoms with Gasteiger partial charge in [-0.3, -0.25) is 4.79 Å². The van der Waals surface area contributed by atoms with Gasteiger partial charge in [0.2, 0.25) is 5.91 Å². The fourth-order valence-corrected chi connectivity index (χ4v) is 2.98. The molecule has 1 amide bonds. The largest absolute Gasteiger partial charge is 0.323 e. The summed E-state index contributed by atoms with van der Waals surface area (Å²) in [6.07, 6.45) is 1.64. The van der Waals surface area contributed by atoms with Crippen LogP contribution in [0.25, 0.3) is 0 Å². The Morgan fingerprint density at radius 1 is 1.33 bits per heavy atom. The molecule has 0 aromatic carbocycles. The lowest BCUT2D eigenvalue weighted by Gasteiger charge is -2.10. The molecule has 4 heteroatoms. The number of aryl methyl sites for hydroxylation is 1. The lowest BCUT2D eigenvalue weighted by atomic mass is 10.0. The zero-order valence-corrected chi connectivity index (χ0v) is 12.2. The highest BCUT2D eigenvalue weighted by molar-refractivity contribution is 6.32. The lowest BCUT2D eigenvalue weighted by molar-refractivity contribution is -0.118. The molecule has 1 aliphatic carbocycles. The van der Waals surface area contributed by atoms with Gasteiger partial charge in [0.1, 0.15) is 0 Å². The van der Waals surface area contributed by atoms with Crippen LogP contribution in [0.4, 0.5) is 5.69 Å². The fourth-order valence-electron chi connectivity index (χ4n) is 2.72. The summed E-state index contributed by atoms with van der Waals surface area (Å²) in [5.41, 5.74) is 1.61. The van der Waals surface area contributed by atoms with Gasteiger partial charge in [0.05, 0.1) is 5.69 Å². The average Bonchev–Trinajstić information content (AvgIpc) is 2.63. The minimum Gasteiger partial charge on any atom is -0.323 e. The molecular formula is C14H19ClN2O. The summed E-state index contributed by atoms with van der Waals surface area (Å²) in [7, 11) is 0. The van der Waals surface area contributed by atoms with Crippen LogP contribution in [0.1, 0.15) is 33.3 Å². The number of aromatic nitrogens is 1. The molecule has 1 heterocycles. The van der Waals surface area contributed by atoms with Gasteiger partial charge < -0.3 is 5.32 Å². The normalized spacial score (nSPS) is 20.6. The van der Waals surface area contributed by atoms with Crippen molar-refractivity contribution in [3.05, 3.63) is 23.0 Å². The Morgan fingerprint density at radius 2 is 1.89 bits per heavy atom. The number of carbonyl (C=O) groups is 1. The van der Waals surface area contributed by atoms with E-state index in [-0.39, 0.29) is 22.7 Å². The van der Waals surface area contributed by atoms with Gasteiger partial charge >= 0.3 is 0 Å². The number of hydrogen-bond donors (Lipinski definition) is 1. The Bertz CT molecular complexity index is 474. The predicted octanol–water partition coefficient (Wildman–Crippen LogP) is 3.66. The van der Waals surface area contributed by atoms with E-state index in [1.54, 1.807) is 6.20 Å². The number of rotatable bonds is 2. The zero-order chi connectivity index (χ0) is 13.7. The van der Waals surface area contributed by atoms with Crippen molar-refractivity contribution in [2.45, 2.75) is 34.6 Å². The van der Waals surface area contributed by atoms with Crippen molar-refractivity contribution < 1.29 is 4.79 Å². The maximum atomic E-state index is 12.3. The summed E-state index contributed by atoms with van der Waals surface area (Å²) in [5, 5.41) is 3.27. The Labute approximate surface area is 113 Å². The van der Waals surface area contributed by atoms with Crippen LogP contribution in [0.15, 0.2) is 12.3 Å². The Morgan fingerprint density at radius 3 is 2.33 bits per heavy atom. The monoisotopic (exact) mass is 266 g/mol. The van der Waals surface area contributed by atoms with Gasteiger partial charge in [0.25, 0.3) is 0 Å². The molecule has 3 nitrogen and oxygen atoms in total. The first kappa shape index (κ1) is 13.3. The third-order valence-electron chi connectivity index (χ3n) is 4.64. The van der Waals surface area contributed by atoms with Crippen LogP contribution in [0, 0.1) is 23.7 Å². The van der Waals surface area contributed by atoms with E-state index < -0.39 is 0 Å². The van der Waals surface area contributed by atoms with Crippen LogP contribution in [-0.2, 0) is 4.79 Å². The van der Waals surface area contributed by atoms with Gasteiger partial charge in [-0.1, -0.05) is 39.3 Å². The molecule has 1 N–H and O–H groups in total. The summed E-state index contributed by atoms with van der Waals surface area (Å²) in [4.78, 5) is 16.3. The maximum absolute atomic E-state index is 12.3. The van der Waals surface area contributed by atoms with E-state index in [0.29, 0.717) is 10.8 Å². The number of pyridine rings is 1. The molecular weight excluding hydrogens is 248 g/mol. The molecule has 0 radical (unpaired) electrons. The van der Waals surface area contributed by atoms with Crippen molar-refractivity contribution >= 4 is 23.2 Å². The minimum atomic E-state index is 0.0145. The van der Waals surface area contributed by atoms with Crippen LogP contribution < -0.4 is 5.32 Å². The van der Waals surface area contributed by atoms with Gasteiger partial charge in [-0.05, 0) is 29.4 Å². The third kappa shape index (κ3) is 1.81. The zero-order valence-electron chi connectivity index (χ0n) is 11.5. The summed E-state index contributed by atoms with van der Waals surface area (Å²) in [5.74, 6) is 0.0451. The first-order valence-corrected chi connectivity index (χ1v) is 6.49. The third-order valence-corrected chi connectivity index (χ3v) is 4.93. The van der Waals surface area contributed by atoms with Crippen molar-refractivity contribution in [2.75, 3.05) is 5.32 Å². The molecule has 1 aromatic heterocycles. The van der Waals surface area contributed by atoms with Crippen LogP contribution in [0.5, 0.6) is 0 Å². The molecule has 0 aliphatic heterocycles. The van der Waals surface area contributed by atoms with E-state index in [4.69, 9.17) is 11.6 Å². The molecule has 0 spiro atoms. The molecule has 0 unspecified atom stereocenters. The molecule has 1 fully saturated rings. The van der Waals surface area contributed by atoms with Gasteiger partial charge in [0, 0.05) is 12.1 Å². The first-order valence-electron chi connectivity index (χ1n) is 6.11. The smallest absolute Gasteiger partial charge is 0.228 e. The minimum absolute atomic E-state index is 0.0145. The molecule has 0 atom stereocenters. The number of amides is 1. The predicted molar refractivity (Wildman–Crippen MR) is 73.7 cm³/mol. The highest BCUT2D eigenvalue weighted by atomic mass is 35.5. The first-order chi connectivity index (χ1) is 8.19. The van der Waals surface area contributed by atoms with Crippen molar-refractivity contribution in [1.82, 2.24) is 4.98 Å². The Balaban J connectivity index is 2.20. The van der Waals surface area contributed by atoms with Gasteiger partial charge in [-0.2, -0.15) is 0 Å². The van der Waals surface area contributed by atoms with E-state index in [0.717, 1.165) is 5.56 Å². The van der Waals surface area contributed by atoms with Crippen LogP contribution in [0.3, 0.4) is 0 Å². The molecule has 0 saturated heterocycles. The van der Waals surface area contributed by atoms with Crippen molar-refractivity contribution in [3.8, 4) is 0 Å². The second kappa shape index (κ2) is 3.95. The van der Waals surface area contributed by atoms with Crippen LogP contribution in [0.2, 0.25) is 5.15 Å². The van der Waals surface area contributed by atoms with Crippen molar-refractivity contribution in [3.63, 3.8) is 0 Å². The molecule has 18 heavy (non-hydrogen) atoms. The summed E-state index contributed by atoms with van der Waals surface area (Å²) >= 11 is 6.02. The van der Waals surface area contributed by atoms with Gasteiger partial charge in [-0.15, -0.1) is 0 Å². The molecule has 1 saturated carbocycles. The molecule has 1 aromatic rings. The average molecular weight is 267 g/mol. The number of halogens is 1. The van der Waals surface area contributed by atoms with Crippen LogP contribution in [-0.4, -0.2) is 10.9 Å². The van der Waals surface area contributed by atoms with Crippen molar-refractivity contribution in [1.29, 1.82) is 0 Å². The molecule has 0 bridgehead atoms. The van der Waals surface area contributed by atoms with E-state index in [9.17, 15) is 4.79 Å². The summed E-state index contributed by atoms with van der Waals surface area (Å²) in [6.45, 7) is 10.4. The lowest BCUT2D eigenvalue weighted by Crippen LogP contribution is -2.18. The number of nitrogens with one attached hydrogen (secondary N) is 1.